The number of halogens is 3. The zero-order valence-corrected chi connectivity index (χ0v) is 23.9. The van der Waals surface area contributed by atoms with Crippen LogP contribution < -0.4 is 28.4 Å². The van der Waals surface area contributed by atoms with Crippen molar-refractivity contribution < 1.29 is 56.9 Å². The number of esters is 2. The van der Waals surface area contributed by atoms with Crippen LogP contribution >= 0.6 is 33.0 Å². The third kappa shape index (κ3) is 11.9. The highest BCUT2D eigenvalue weighted by Crippen LogP contribution is 2.39. The Bertz CT molecular complexity index is 1050. The van der Waals surface area contributed by atoms with Crippen LogP contribution in [0.15, 0.2) is 24.3 Å². The van der Waals surface area contributed by atoms with Gasteiger partial charge in [-0.3, -0.25) is 14.4 Å². The van der Waals surface area contributed by atoms with Gasteiger partial charge in [-0.15, -0.1) is 0 Å². The van der Waals surface area contributed by atoms with Crippen LogP contribution in [-0.2, 0) is 18.8 Å². The summed E-state index contributed by atoms with van der Waals surface area (Å²) < 4.78 is 38.9. The molecule has 0 aromatic heterocycles. The molecule has 0 atom stereocenters. The highest BCUT2D eigenvalue weighted by atomic mass is 36.0. The van der Waals surface area contributed by atoms with Gasteiger partial charge in [0.25, 0.3) is 5.24 Å². The Morgan fingerprint density at radius 2 is 0.947 bits per heavy atom. The van der Waals surface area contributed by atoms with Crippen LogP contribution in [0.1, 0.15) is 34.6 Å². The van der Waals surface area contributed by atoms with Gasteiger partial charge in [-0.25, -0.2) is 9.00 Å². The molecular weight excluding hydrogens is 595 g/mol. The van der Waals surface area contributed by atoms with E-state index in [4.69, 9.17) is 49.3 Å². The maximum absolute atomic E-state index is 11.1. The Hall–Kier alpha value is -3.26. The summed E-state index contributed by atoms with van der Waals surface area (Å²) in [5.41, 5.74) is 0.172. The number of carbonyl (C=O) groups excluding carboxylic acids is 3. The number of ether oxygens (including phenoxy) is 6. The number of aromatic carboxylic acids is 1. The molecule has 0 saturated carbocycles. The number of carboxylic acids is 1. The van der Waals surface area contributed by atoms with Crippen molar-refractivity contribution in [2.75, 3.05) is 28.4 Å². The minimum atomic E-state index is -1.67. The van der Waals surface area contributed by atoms with Gasteiger partial charge in [-0.2, -0.15) is 0 Å². The molecule has 16 heteroatoms. The molecule has 0 aliphatic heterocycles. The van der Waals surface area contributed by atoms with Crippen molar-refractivity contribution in [2.24, 2.45) is 0 Å². The fourth-order valence-electron chi connectivity index (χ4n) is 2.49. The molecule has 12 nitrogen and oxygen atoms in total. The third-order valence-electron chi connectivity index (χ3n) is 3.89. The van der Waals surface area contributed by atoms with E-state index in [9.17, 15) is 19.2 Å². The summed E-state index contributed by atoms with van der Waals surface area (Å²) in [6.07, 6.45) is 0. The van der Waals surface area contributed by atoms with Crippen LogP contribution in [0.2, 0.25) is 0 Å². The molecule has 2 rings (SSSR count). The molecule has 2 aromatic rings. The van der Waals surface area contributed by atoms with E-state index in [2.05, 4.69) is 21.4 Å². The SMILES string of the molecule is COc1cc(C(=O)Cl)cc(OC)c1OC(C)=O.COc1cc(C(=O)O)cc(OC)c1OC(C)=O.O=S(Cl)Cl. The summed E-state index contributed by atoms with van der Waals surface area (Å²) in [5.74, 6) is -1.38. The second-order valence-electron chi connectivity index (χ2n) is 6.37. The van der Waals surface area contributed by atoms with Gasteiger partial charge < -0.3 is 33.5 Å². The summed E-state index contributed by atoms with van der Waals surface area (Å²) in [4.78, 5) is 43.8. The van der Waals surface area contributed by atoms with Gasteiger partial charge in [0.05, 0.1) is 34.0 Å². The Morgan fingerprint density at radius 1 is 0.684 bits per heavy atom. The van der Waals surface area contributed by atoms with E-state index in [-0.39, 0.29) is 45.6 Å². The molecule has 0 amide bonds. The lowest BCUT2D eigenvalue weighted by atomic mass is 10.2. The van der Waals surface area contributed by atoms with Crippen molar-refractivity contribution in [3.8, 4) is 34.5 Å². The summed E-state index contributed by atoms with van der Waals surface area (Å²) >= 11 is 5.36. The lowest BCUT2D eigenvalue weighted by molar-refractivity contribution is -0.133. The molecule has 210 valence electrons. The lowest BCUT2D eigenvalue weighted by Gasteiger charge is -2.13. The zero-order chi connectivity index (χ0) is 29.6. The first kappa shape index (κ1) is 34.7. The highest BCUT2D eigenvalue weighted by molar-refractivity contribution is 8.26. The number of hydrogen-bond acceptors (Lipinski definition) is 11. The number of carbonyl (C=O) groups is 4. The predicted octanol–water partition coefficient (Wildman–Crippen LogP) is 4.38. The predicted molar refractivity (Wildman–Crippen MR) is 139 cm³/mol. The molecule has 0 heterocycles. The van der Waals surface area contributed by atoms with E-state index in [0.29, 0.717) is 0 Å². The molecule has 0 aliphatic rings. The van der Waals surface area contributed by atoms with Gasteiger partial charge in [0, 0.05) is 40.8 Å². The standard InChI is InChI=1S/C11H11ClO5.C11H12O6.Cl2OS/c1-6(13)17-10-8(15-2)4-7(11(12)14)5-9(10)16-3;1-6(12)17-10-8(15-2)4-7(11(13)14)5-9(10)16-3;1-4(2)3/h4-5H,1-3H3;4-5H,1-3H3,(H,13,14);. The average molecular weight is 618 g/mol. The molecule has 0 aliphatic carbocycles. The fraction of sp³-hybridized carbons (Fsp3) is 0.273. The van der Waals surface area contributed by atoms with Crippen molar-refractivity contribution in [1.82, 2.24) is 0 Å². The van der Waals surface area contributed by atoms with Gasteiger partial charge in [0.2, 0.25) is 20.7 Å². The summed E-state index contributed by atoms with van der Waals surface area (Å²) in [6.45, 7) is 2.48. The van der Waals surface area contributed by atoms with Crippen molar-refractivity contribution in [3.05, 3.63) is 35.4 Å². The molecule has 0 unspecified atom stereocenters. The molecule has 0 fully saturated rings. The normalized spacial score (nSPS) is 9.53. The fourth-order valence-corrected chi connectivity index (χ4v) is 2.59. The Morgan fingerprint density at radius 3 is 1.13 bits per heavy atom. The van der Waals surface area contributed by atoms with Crippen molar-refractivity contribution in [2.45, 2.75) is 13.8 Å². The molecule has 0 radical (unpaired) electrons. The van der Waals surface area contributed by atoms with Crippen molar-refractivity contribution in [3.63, 3.8) is 0 Å². The number of methoxy groups -OCH3 is 4. The number of benzene rings is 2. The van der Waals surface area contributed by atoms with E-state index in [1.165, 1.54) is 66.6 Å². The number of carboxylic acid groups (broad SMARTS) is 1. The third-order valence-corrected chi connectivity index (χ3v) is 4.10. The monoisotopic (exact) mass is 616 g/mol. The second-order valence-corrected chi connectivity index (χ2v) is 9.24. The quantitative estimate of drug-likeness (QED) is 0.253. The smallest absolute Gasteiger partial charge is 0.335 e. The van der Waals surface area contributed by atoms with Crippen LogP contribution in [0.25, 0.3) is 0 Å². The minimum absolute atomic E-state index is 0.0189. The first-order valence-corrected chi connectivity index (χ1v) is 13.0. The maximum atomic E-state index is 11.1. The summed E-state index contributed by atoms with van der Waals surface area (Å²) in [7, 11) is 12.8. The van der Waals surface area contributed by atoms with E-state index in [1.54, 1.807) is 0 Å². The molecule has 2 aromatic carbocycles. The summed E-state index contributed by atoms with van der Waals surface area (Å²) in [6, 6.07) is 5.25. The van der Waals surface area contributed by atoms with Gasteiger partial charge in [-0.1, -0.05) is 0 Å². The van der Waals surface area contributed by atoms with E-state index in [0.717, 1.165) is 0 Å². The van der Waals surface area contributed by atoms with E-state index >= 15 is 0 Å². The van der Waals surface area contributed by atoms with Crippen LogP contribution in [0, 0.1) is 0 Å². The van der Waals surface area contributed by atoms with Crippen molar-refractivity contribution >= 4 is 65.3 Å². The minimum Gasteiger partial charge on any atom is -0.493 e. The van der Waals surface area contributed by atoms with Crippen LogP contribution in [-0.4, -0.2) is 60.9 Å². The van der Waals surface area contributed by atoms with Crippen LogP contribution in [0.3, 0.4) is 0 Å². The number of hydrogen-bond donors (Lipinski definition) is 1. The largest absolute Gasteiger partial charge is 0.493 e. The lowest BCUT2D eigenvalue weighted by Crippen LogP contribution is -2.06. The van der Waals surface area contributed by atoms with Crippen LogP contribution in [0.4, 0.5) is 0 Å². The van der Waals surface area contributed by atoms with E-state index < -0.39 is 32.4 Å². The molecule has 0 spiro atoms. The van der Waals surface area contributed by atoms with Gasteiger partial charge in [0.15, 0.2) is 23.0 Å². The first-order valence-electron chi connectivity index (χ1n) is 9.78. The topological polar surface area (TPSA) is 161 Å². The second kappa shape index (κ2) is 17.3. The van der Waals surface area contributed by atoms with Gasteiger partial charge in [-0.05, 0) is 35.9 Å². The first-order chi connectivity index (χ1) is 17.7. The Labute approximate surface area is 234 Å². The Balaban J connectivity index is 0.000000632. The summed E-state index contributed by atoms with van der Waals surface area (Å²) in [5, 5.41) is 8.22. The highest BCUT2D eigenvalue weighted by Gasteiger charge is 2.19. The average Bonchev–Trinajstić information content (AvgIpc) is 2.83. The van der Waals surface area contributed by atoms with Crippen molar-refractivity contribution in [1.29, 1.82) is 0 Å². The molecule has 1 N–H and O–H groups in total. The maximum Gasteiger partial charge on any atom is 0.335 e. The van der Waals surface area contributed by atoms with E-state index in [1.807, 2.05) is 0 Å². The molecule has 0 bridgehead atoms. The number of rotatable bonds is 8. The van der Waals surface area contributed by atoms with Gasteiger partial charge >= 0.3 is 17.9 Å². The van der Waals surface area contributed by atoms with Gasteiger partial charge in [0.1, 0.15) is 0 Å². The molecule has 38 heavy (non-hydrogen) atoms. The van der Waals surface area contributed by atoms with Crippen LogP contribution in [0.5, 0.6) is 34.5 Å². The molecular formula is C22H23Cl3O12S. The zero-order valence-electron chi connectivity index (χ0n) is 20.8. The Kier molecular flexibility index (Phi) is 15.8. The molecule has 0 saturated heterocycles.